The third-order valence-corrected chi connectivity index (χ3v) is 4.63. The number of ether oxygens (including phenoxy) is 1. The SMILES string of the molecule is CC(NC(=O)C1(C)CCOCC1)c1cccc(-n2cccn2)c1. The zero-order valence-electron chi connectivity index (χ0n) is 13.7. The molecule has 1 fully saturated rings. The summed E-state index contributed by atoms with van der Waals surface area (Å²) in [6, 6.07) is 9.94. The average Bonchev–Trinajstić information content (AvgIpc) is 3.10. The number of nitrogens with one attached hydrogen (secondary N) is 1. The monoisotopic (exact) mass is 313 g/mol. The number of hydrogen-bond acceptors (Lipinski definition) is 3. The van der Waals surface area contributed by atoms with Crippen molar-refractivity contribution in [3.8, 4) is 5.69 Å². The maximum absolute atomic E-state index is 12.6. The van der Waals surface area contributed by atoms with Crippen LogP contribution in [0, 0.1) is 5.41 Å². The van der Waals surface area contributed by atoms with Crippen molar-refractivity contribution >= 4 is 5.91 Å². The number of amides is 1. The van der Waals surface area contributed by atoms with Crippen LogP contribution in [0.15, 0.2) is 42.7 Å². The van der Waals surface area contributed by atoms with Gasteiger partial charge in [-0.2, -0.15) is 5.10 Å². The van der Waals surface area contributed by atoms with Crippen LogP contribution in [0.5, 0.6) is 0 Å². The molecular formula is C18H23N3O2. The number of hydrogen-bond donors (Lipinski definition) is 1. The van der Waals surface area contributed by atoms with Gasteiger partial charge in [-0.25, -0.2) is 4.68 Å². The Morgan fingerprint density at radius 3 is 2.83 bits per heavy atom. The summed E-state index contributed by atoms with van der Waals surface area (Å²) in [5.41, 5.74) is 1.74. The van der Waals surface area contributed by atoms with Gasteiger partial charge in [-0.3, -0.25) is 4.79 Å². The highest BCUT2D eigenvalue weighted by Crippen LogP contribution is 2.31. The van der Waals surface area contributed by atoms with Gasteiger partial charge in [-0.1, -0.05) is 19.1 Å². The van der Waals surface area contributed by atoms with Crippen LogP contribution < -0.4 is 5.32 Å². The Morgan fingerprint density at radius 1 is 1.35 bits per heavy atom. The van der Waals surface area contributed by atoms with E-state index in [4.69, 9.17) is 4.74 Å². The second kappa shape index (κ2) is 6.54. The Bertz CT molecular complexity index is 661. The van der Waals surface area contributed by atoms with E-state index in [1.54, 1.807) is 6.20 Å². The highest BCUT2D eigenvalue weighted by molar-refractivity contribution is 5.82. The topological polar surface area (TPSA) is 56.1 Å². The summed E-state index contributed by atoms with van der Waals surface area (Å²) in [5, 5.41) is 7.40. The molecule has 2 heterocycles. The predicted octanol–water partition coefficient (Wildman–Crippen LogP) is 2.87. The number of carbonyl (C=O) groups is 1. The first-order valence-electron chi connectivity index (χ1n) is 8.07. The van der Waals surface area contributed by atoms with Crippen molar-refractivity contribution in [2.75, 3.05) is 13.2 Å². The first-order valence-corrected chi connectivity index (χ1v) is 8.07. The van der Waals surface area contributed by atoms with Crippen molar-refractivity contribution in [1.82, 2.24) is 15.1 Å². The number of rotatable bonds is 4. The molecule has 1 aliphatic heterocycles. The Morgan fingerprint density at radius 2 is 2.13 bits per heavy atom. The number of benzene rings is 1. The average molecular weight is 313 g/mol. The van der Waals surface area contributed by atoms with E-state index in [0.717, 1.165) is 24.1 Å². The van der Waals surface area contributed by atoms with E-state index < -0.39 is 0 Å². The Balaban J connectivity index is 1.72. The first-order chi connectivity index (χ1) is 11.1. The molecule has 2 aromatic rings. The van der Waals surface area contributed by atoms with Crippen LogP contribution in [-0.2, 0) is 9.53 Å². The minimum atomic E-state index is -0.327. The molecule has 0 bridgehead atoms. The van der Waals surface area contributed by atoms with Gasteiger partial charge >= 0.3 is 0 Å². The third-order valence-electron chi connectivity index (χ3n) is 4.63. The van der Waals surface area contributed by atoms with Crippen molar-refractivity contribution in [3.63, 3.8) is 0 Å². The molecule has 3 rings (SSSR count). The van der Waals surface area contributed by atoms with Crippen molar-refractivity contribution in [2.45, 2.75) is 32.7 Å². The zero-order chi connectivity index (χ0) is 16.3. The summed E-state index contributed by atoms with van der Waals surface area (Å²) in [5.74, 6) is 0.109. The smallest absolute Gasteiger partial charge is 0.226 e. The summed E-state index contributed by atoms with van der Waals surface area (Å²) in [7, 11) is 0. The molecule has 1 aromatic carbocycles. The van der Waals surface area contributed by atoms with Crippen molar-refractivity contribution in [1.29, 1.82) is 0 Å². The fraction of sp³-hybridized carbons (Fsp3) is 0.444. The Hall–Kier alpha value is -2.14. The molecule has 0 spiro atoms. The maximum atomic E-state index is 12.6. The second-order valence-corrected chi connectivity index (χ2v) is 6.41. The lowest BCUT2D eigenvalue weighted by atomic mass is 9.81. The van der Waals surface area contributed by atoms with E-state index in [1.807, 2.05) is 49.0 Å². The van der Waals surface area contributed by atoms with E-state index in [0.29, 0.717) is 13.2 Å². The maximum Gasteiger partial charge on any atom is 0.226 e. The summed E-state index contributed by atoms with van der Waals surface area (Å²) in [4.78, 5) is 12.6. The molecule has 1 unspecified atom stereocenters. The van der Waals surface area contributed by atoms with Gasteiger partial charge in [0, 0.05) is 25.6 Å². The molecule has 1 N–H and O–H groups in total. The summed E-state index contributed by atoms with van der Waals surface area (Å²) >= 11 is 0. The van der Waals surface area contributed by atoms with Gasteiger partial charge in [0.05, 0.1) is 17.1 Å². The highest BCUT2D eigenvalue weighted by atomic mass is 16.5. The lowest BCUT2D eigenvalue weighted by Gasteiger charge is -2.33. The van der Waals surface area contributed by atoms with Gasteiger partial charge in [-0.15, -0.1) is 0 Å². The summed E-state index contributed by atoms with van der Waals surface area (Å²) in [6.07, 6.45) is 5.22. The largest absolute Gasteiger partial charge is 0.381 e. The van der Waals surface area contributed by atoms with E-state index in [9.17, 15) is 4.79 Å². The second-order valence-electron chi connectivity index (χ2n) is 6.41. The van der Waals surface area contributed by atoms with E-state index in [1.165, 1.54) is 0 Å². The van der Waals surface area contributed by atoms with E-state index in [2.05, 4.69) is 16.5 Å². The molecule has 5 heteroatoms. The summed E-state index contributed by atoms with van der Waals surface area (Å²) < 4.78 is 7.19. The highest BCUT2D eigenvalue weighted by Gasteiger charge is 2.35. The molecule has 1 amide bonds. The Kier molecular flexibility index (Phi) is 4.48. The lowest BCUT2D eigenvalue weighted by molar-refractivity contribution is -0.135. The molecule has 122 valence electrons. The first kappa shape index (κ1) is 15.7. The van der Waals surface area contributed by atoms with Gasteiger partial charge < -0.3 is 10.1 Å². The number of carbonyl (C=O) groups excluding carboxylic acids is 1. The zero-order valence-corrected chi connectivity index (χ0v) is 13.7. The quantitative estimate of drug-likeness (QED) is 0.944. The predicted molar refractivity (Wildman–Crippen MR) is 88.3 cm³/mol. The number of aromatic nitrogens is 2. The van der Waals surface area contributed by atoms with E-state index in [-0.39, 0.29) is 17.4 Å². The van der Waals surface area contributed by atoms with Crippen LogP contribution in [0.3, 0.4) is 0 Å². The third kappa shape index (κ3) is 3.45. The number of nitrogens with zero attached hydrogens (tertiary/aromatic N) is 2. The van der Waals surface area contributed by atoms with Crippen molar-refractivity contribution in [2.24, 2.45) is 5.41 Å². The molecule has 1 atom stereocenters. The van der Waals surface area contributed by atoms with Gasteiger partial charge in [0.2, 0.25) is 5.91 Å². The molecule has 1 saturated heterocycles. The van der Waals surface area contributed by atoms with Crippen LogP contribution >= 0.6 is 0 Å². The molecule has 5 nitrogen and oxygen atoms in total. The van der Waals surface area contributed by atoms with Crippen LogP contribution in [-0.4, -0.2) is 28.9 Å². The minimum Gasteiger partial charge on any atom is -0.381 e. The molecule has 23 heavy (non-hydrogen) atoms. The van der Waals surface area contributed by atoms with Crippen molar-refractivity contribution in [3.05, 3.63) is 48.3 Å². The van der Waals surface area contributed by atoms with Gasteiger partial charge in [-0.05, 0) is 43.5 Å². The molecule has 0 radical (unpaired) electrons. The van der Waals surface area contributed by atoms with Crippen LogP contribution in [0.1, 0.15) is 38.3 Å². The minimum absolute atomic E-state index is 0.0438. The summed E-state index contributed by atoms with van der Waals surface area (Å²) in [6.45, 7) is 5.36. The van der Waals surface area contributed by atoms with Crippen LogP contribution in [0.2, 0.25) is 0 Å². The van der Waals surface area contributed by atoms with Gasteiger partial charge in [0.1, 0.15) is 0 Å². The molecule has 0 saturated carbocycles. The molecule has 0 aliphatic carbocycles. The van der Waals surface area contributed by atoms with Gasteiger partial charge in [0.15, 0.2) is 0 Å². The van der Waals surface area contributed by atoms with Crippen molar-refractivity contribution < 1.29 is 9.53 Å². The molecular weight excluding hydrogens is 290 g/mol. The Labute approximate surface area is 136 Å². The standard InChI is InChI=1S/C18H23N3O2/c1-14(20-17(22)18(2)7-11-23-12-8-18)15-5-3-6-16(13-15)21-10-4-9-19-21/h3-6,9-10,13-14H,7-8,11-12H2,1-2H3,(H,20,22). The van der Waals surface area contributed by atoms with Crippen LogP contribution in [0.25, 0.3) is 5.69 Å². The van der Waals surface area contributed by atoms with Gasteiger partial charge in [0.25, 0.3) is 0 Å². The van der Waals surface area contributed by atoms with E-state index >= 15 is 0 Å². The fourth-order valence-electron chi connectivity index (χ4n) is 2.86. The van der Waals surface area contributed by atoms with Crippen LogP contribution in [0.4, 0.5) is 0 Å². The normalized spacial score (nSPS) is 18.3. The molecule has 1 aromatic heterocycles. The fourth-order valence-corrected chi connectivity index (χ4v) is 2.86. The molecule has 1 aliphatic rings. The lowest BCUT2D eigenvalue weighted by Crippen LogP contribution is -2.43.